The fourth-order valence-electron chi connectivity index (χ4n) is 2.98. The molecule has 0 saturated heterocycles. The average molecular weight is 333 g/mol. The number of nitrogens with two attached hydrogens (primary N) is 1. The van der Waals surface area contributed by atoms with E-state index in [-0.39, 0.29) is 12.0 Å². The summed E-state index contributed by atoms with van der Waals surface area (Å²) in [6, 6.07) is 8.04. The Bertz CT molecular complexity index is 602. The lowest BCUT2D eigenvalue weighted by atomic mass is 9.81. The Kier molecular flexibility index (Phi) is 4.10. The molecule has 3 N–H and O–H groups in total. The topological polar surface area (TPSA) is 63.8 Å². The highest BCUT2D eigenvalue weighted by atomic mass is 79.9. The average Bonchev–Trinajstić information content (AvgIpc) is 2.50. The Balaban J connectivity index is 2.01. The summed E-state index contributed by atoms with van der Waals surface area (Å²) in [7, 11) is 0. The minimum absolute atomic E-state index is 0.0282. The molecule has 2 aromatic rings. The summed E-state index contributed by atoms with van der Waals surface area (Å²) >= 11 is 3.57. The van der Waals surface area contributed by atoms with Gasteiger partial charge in [0.05, 0.1) is 11.7 Å². The van der Waals surface area contributed by atoms with Crippen molar-refractivity contribution in [3.05, 3.63) is 58.1 Å². The van der Waals surface area contributed by atoms with Crippen LogP contribution in [0.25, 0.3) is 0 Å². The van der Waals surface area contributed by atoms with Crippen molar-refractivity contribution in [3.63, 3.8) is 0 Å². The lowest BCUT2D eigenvalue weighted by Crippen LogP contribution is -2.35. The van der Waals surface area contributed by atoms with Gasteiger partial charge in [0.1, 0.15) is 0 Å². The fraction of sp³-hybridized carbons (Fsp3) is 0.333. The third-order valence-electron chi connectivity index (χ3n) is 3.90. The molecule has 104 valence electrons. The summed E-state index contributed by atoms with van der Waals surface area (Å²) in [5, 5.41) is 0. The molecule has 5 heteroatoms. The van der Waals surface area contributed by atoms with E-state index in [0.717, 1.165) is 35.1 Å². The highest BCUT2D eigenvalue weighted by Crippen LogP contribution is 2.39. The Morgan fingerprint density at radius 2 is 2.05 bits per heavy atom. The number of fused-ring (bicyclic) bond motifs is 1. The van der Waals surface area contributed by atoms with Gasteiger partial charge in [-0.15, -0.1) is 0 Å². The number of pyridine rings is 2. The van der Waals surface area contributed by atoms with Crippen LogP contribution >= 0.6 is 15.9 Å². The largest absolute Gasteiger partial charge is 0.271 e. The van der Waals surface area contributed by atoms with Crippen molar-refractivity contribution >= 4 is 15.9 Å². The Labute approximate surface area is 126 Å². The first-order chi connectivity index (χ1) is 9.81. The smallest absolute Gasteiger partial charge is 0.0735 e. The second-order valence-electron chi connectivity index (χ2n) is 5.06. The van der Waals surface area contributed by atoms with Crippen LogP contribution in [0, 0.1) is 0 Å². The lowest BCUT2D eigenvalue weighted by Gasteiger charge is -2.31. The number of hydrazine groups is 1. The molecule has 2 aromatic heterocycles. The maximum atomic E-state index is 5.82. The highest BCUT2D eigenvalue weighted by Gasteiger charge is 2.31. The fourth-order valence-corrected chi connectivity index (χ4v) is 3.48. The quantitative estimate of drug-likeness (QED) is 0.670. The Morgan fingerprint density at radius 3 is 2.85 bits per heavy atom. The van der Waals surface area contributed by atoms with E-state index in [1.165, 1.54) is 5.56 Å². The van der Waals surface area contributed by atoms with Crippen LogP contribution in [0.3, 0.4) is 0 Å². The standard InChI is InChI=1S/C15H17BrN4/c16-12-7-3-9-19-15(12)14(20-17)11-6-1-4-10-5-2-8-18-13(10)11/h2-3,5,7-9,11,14,20H,1,4,6,17H2. The van der Waals surface area contributed by atoms with Gasteiger partial charge in [0.15, 0.2) is 0 Å². The number of hydrogen-bond donors (Lipinski definition) is 2. The van der Waals surface area contributed by atoms with Crippen molar-refractivity contribution < 1.29 is 0 Å². The van der Waals surface area contributed by atoms with E-state index >= 15 is 0 Å². The molecule has 0 spiro atoms. The lowest BCUT2D eigenvalue weighted by molar-refractivity contribution is 0.392. The first kappa shape index (κ1) is 13.7. The summed E-state index contributed by atoms with van der Waals surface area (Å²) < 4.78 is 0.978. The molecule has 4 nitrogen and oxygen atoms in total. The minimum atomic E-state index is -0.0282. The SMILES string of the molecule is NNC(c1ncccc1Br)C1CCCc2cccnc21. The van der Waals surface area contributed by atoms with Gasteiger partial charge in [-0.2, -0.15) is 0 Å². The van der Waals surface area contributed by atoms with Crippen LogP contribution in [0.2, 0.25) is 0 Å². The molecule has 0 bridgehead atoms. The zero-order valence-corrected chi connectivity index (χ0v) is 12.7. The van der Waals surface area contributed by atoms with Crippen LogP contribution in [-0.2, 0) is 6.42 Å². The molecule has 0 aromatic carbocycles. The Hall–Kier alpha value is -1.30. The first-order valence-corrected chi connectivity index (χ1v) is 7.61. The second kappa shape index (κ2) is 5.99. The molecule has 2 heterocycles. The Morgan fingerprint density at radius 1 is 1.25 bits per heavy atom. The van der Waals surface area contributed by atoms with Crippen LogP contribution in [0.15, 0.2) is 41.1 Å². The van der Waals surface area contributed by atoms with Crippen LogP contribution in [0.5, 0.6) is 0 Å². The number of halogens is 1. The van der Waals surface area contributed by atoms with Crippen LogP contribution in [0.1, 0.15) is 41.8 Å². The van der Waals surface area contributed by atoms with E-state index in [1.807, 2.05) is 24.4 Å². The zero-order valence-electron chi connectivity index (χ0n) is 11.1. The molecule has 3 rings (SSSR count). The third kappa shape index (κ3) is 2.49. The van der Waals surface area contributed by atoms with Gasteiger partial charge in [0.2, 0.25) is 0 Å². The number of hydrogen-bond acceptors (Lipinski definition) is 4. The van der Waals surface area contributed by atoms with Gasteiger partial charge in [-0.25, -0.2) is 0 Å². The van der Waals surface area contributed by atoms with E-state index in [4.69, 9.17) is 5.84 Å². The van der Waals surface area contributed by atoms with E-state index in [1.54, 1.807) is 6.20 Å². The molecule has 2 atom stereocenters. The van der Waals surface area contributed by atoms with Gasteiger partial charge in [0, 0.05) is 28.5 Å². The van der Waals surface area contributed by atoms with Crippen LogP contribution < -0.4 is 11.3 Å². The summed E-state index contributed by atoms with van der Waals surface area (Å²) in [4.78, 5) is 9.07. The summed E-state index contributed by atoms with van der Waals surface area (Å²) in [6.45, 7) is 0. The van der Waals surface area contributed by atoms with E-state index in [2.05, 4.69) is 37.4 Å². The van der Waals surface area contributed by atoms with E-state index < -0.39 is 0 Å². The summed E-state index contributed by atoms with van der Waals surface area (Å²) in [5.74, 6) is 6.08. The third-order valence-corrected chi connectivity index (χ3v) is 4.57. The van der Waals surface area contributed by atoms with E-state index in [0.29, 0.717) is 0 Å². The maximum absolute atomic E-state index is 5.82. The van der Waals surface area contributed by atoms with Gasteiger partial charge < -0.3 is 0 Å². The normalized spacial score (nSPS) is 19.4. The first-order valence-electron chi connectivity index (χ1n) is 6.81. The number of nitrogens with zero attached hydrogens (tertiary/aromatic N) is 2. The van der Waals surface area contributed by atoms with Gasteiger partial charge >= 0.3 is 0 Å². The highest BCUT2D eigenvalue weighted by molar-refractivity contribution is 9.10. The molecule has 0 fully saturated rings. The second-order valence-corrected chi connectivity index (χ2v) is 5.92. The summed E-state index contributed by atoms with van der Waals surface area (Å²) in [5.41, 5.74) is 6.36. The monoisotopic (exact) mass is 332 g/mol. The molecule has 0 radical (unpaired) electrons. The minimum Gasteiger partial charge on any atom is -0.271 e. The maximum Gasteiger partial charge on any atom is 0.0735 e. The molecule has 20 heavy (non-hydrogen) atoms. The van der Waals surface area contributed by atoms with Crippen LogP contribution in [-0.4, -0.2) is 9.97 Å². The number of nitrogens with one attached hydrogen (secondary N) is 1. The van der Waals surface area contributed by atoms with Crippen molar-refractivity contribution in [3.8, 4) is 0 Å². The molecular formula is C15H17BrN4. The molecule has 2 unspecified atom stereocenters. The molecule has 0 saturated carbocycles. The van der Waals surface area contributed by atoms with Gasteiger partial charge in [-0.05, 0) is 59.0 Å². The molecule has 0 aliphatic heterocycles. The zero-order chi connectivity index (χ0) is 13.9. The van der Waals surface area contributed by atoms with Gasteiger partial charge in [0.25, 0.3) is 0 Å². The molecule has 0 amide bonds. The molecule has 1 aliphatic carbocycles. The predicted molar refractivity (Wildman–Crippen MR) is 81.9 cm³/mol. The number of aromatic nitrogens is 2. The molecular weight excluding hydrogens is 316 g/mol. The summed E-state index contributed by atoms with van der Waals surface area (Å²) in [6.07, 6.45) is 6.99. The van der Waals surface area contributed by atoms with Crippen molar-refractivity contribution in [2.24, 2.45) is 5.84 Å². The van der Waals surface area contributed by atoms with Crippen molar-refractivity contribution in [2.45, 2.75) is 31.2 Å². The molecule has 1 aliphatic rings. The number of aryl methyl sites for hydroxylation is 1. The predicted octanol–water partition coefficient (Wildman–Crippen LogP) is 2.86. The van der Waals surface area contributed by atoms with Gasteiger partial charge in [-0.1, -0.05) is 6.07 Å². The van der Waals surface area contributed by atoms with Gasteiger partial charge in [-0.3, -0.25) is 21.2 Å². The van der Waals surface area contributed by atoms with Crippen LogP contribution in [0.4, 0.5) is 0 Å². The van der Waals surface area contributed by atoms with Crippen molar-refractivity contribution in [1.82, 2.24) is 15.4 Å². The van der Waals surface area contributed by atoms with E-state index in [9.17, 15) is 0 Å². The van der Waals surface area contributed by atoms with Crippen molar-refractivity contribution in [2.75, 3.05) is 0 Å². The number of rotatable bonds is 3. The van der Waals surface area contributed by atoms with Crippen molar-refractivity contribution in [1.29, 1.82) is 0 Å².